The summed E-state index contributed by atoms with van der Waals surface area (Å²) in [5.74, 6) is -0.524. The van der Waals surface area contributed by atoms with Gasteiger partial charge in [0.05, 0.1) is 6.61 Å². The van der Waals surface area contributed by atoms with E-state index in [1.807, 2.05) is 6.92 Å². The van der Waals surface area contributed by atoms with Gasteiger partial charge in [0.2, 0.25) is 0 Å². The van der Waals surface area contributed by atoms with Crippen molar-refractivity contribution in [2.45, 2.75) is 19.4 Å². The maximum atomic E-state index is 10.4. The highest BCUT2D eigenvalue weighted by Crippen LogP contribution is 2.14. The first-order valence-corrected chi connectivity index (χ1v) is 4.76. The van der Waals surface area contributed by atoms with Gasteiger partial charge in [-0.2, -0.15) is 0 Å². The summed E-state index contributed by atoms with van der Waals surface area (Å²) in [6, 6.07) is 7.05. The zero-order valence-electron chi connectivity index (χ0n) is 8.51. The van der Waals surface area contributed by atoms with Crippen LogP contribution in [0.4, 0.5) is 0 Å². The van der Waals surface area contributed by atoms with E-state index in [4.69, 9.17) is 14.9 Å². The van der Waals surface area contributed by atoms with E-state index < -0.39 is 12.1 Å². The molecule has 0 spiro atoms. The normalized spacial score (nSPS) is 12.1. The highest BCUT2D eigenvalue weighted by atomic mass is 16.5. The van der Waals surface area contributed by atoms with Crippen LogP contribution in [0.1, 0.15) is 12.5 Å². The Balaban J connectivity index is 2.68. The van der Waals surface area contributed by atoms with Crippen LogP contribution in [0.25, 0.3) is 0 Å². The molecule has 0 saturated carbocycles. The molecule has 0 saturated heterocycles. The number of carbonyl (C=O) groups is 1. The predicted molar refractivity (Wildman–Crippen MR) is 55.0 cm³/mol. The number of rotatable bonds is 5. The van der Waals surface area contributed by atoms with Crippen molar-refractivity contribution in [3.8, 4) is 5.75 Å². The summed E-state index contributed by atoms with van der Waals surface area (Å²) in [5, 5.41) is 17.7. The standard InChI is InChI=1S/C11H14O4/c1-2-15-9-5-3-4-8(6-9)7-10(12)11(13)14/h3-6,10,12H,2,7H2,1H3,(H,13,14). The topological polar surface area (TPSA) is 66.8 Å². The number of carboxylic acids is 1. The third-order valence-corrected chi connectivity index (χ3v) is 1.92. The molecular formula is C11H14O4. The molecular weight excluding hydrogens is 196 g/mol. The van der Waals surface area contributed by atoms with Crippen LogP contribution in [0, 0.1) is 0 Å². The molecule has 0 bridgehead atoms. The molecule has 0 aliphatic rings. The smallest absolute Gasteiger partial charge is 0.332 e. The van der Waals surface area contributed by atoms with E-state index in [1.54, 1.807) is 24.3 Å². The summed E-state index contributed by atoms with van der Waals surface area (Å²) >= 11 is 0. The van der Waals surface area contributed by atoms with E-state index in [1.165, 1.54) is 0 Å². The minimum Gasteiger partial charge on any atom is -0.494 e. The second-order valence-electron chi connectivity index (χ2n) is 3.14. The van der Waals surface area contributed by atoms with E-state index in [-0.39, 0.29) is 6.42 Å². The van der Waals surface area contributed by atoms with Crippen LogP contribution in [-0.4, -0.2) is 28.9 Å². The number of hydrogen-bond acceptors (Lipinski definition) is 3. The maximum absolute atomic E-state index is 10.4. The van der Waals surface area contributed by atoms with Gasteiger partial charge in [0.15, 0.2) is 6.10 Å². The minimum atomic E-state index is -1.36. The zero-order valence-corrected chi connectivity index (χ0v) is 8.51. The fraction of sp³-hybridized carbons (Fsp3) is 0.364. The van der Waals surface area contributed by atoms with Gasteiger partial charge in [-0.05, 0) is 24.6 Å². The monoisotopic (exact) mass is 210 g/mol. The van der Waals surface area contributed by atoms with Gasteiger partial charge < -0.3 is 14.9 Å². The molecule has 2 N–H and O–H groups in total. The molecule has 4 nitrogen and oxygen atoms in total. The lowest BCUT2D eigenvalue weighted by Crippen LogP contribution is -2.21. The first kappa shape index (κ1) is 11.5. The molecule has 0 amide bonds. The second kappa shape index (κ2) is 5.36. The third-order valence-electron chi connectivity index (χ3n) is 1.92. The van der Waals surface area contributed by atoms with Crippen molar-refractivity contribution < 1.29 is 19.7 Å². The average Bonchev–Trinajstić information content (AvgIpc) is 2.18. The number of carboxylic acid groups (broad SMARTS) is 1. The lowest BCUT2D eigenvalue weighted by Gasteiger charge is -2.07. The molecule has 0 aliphatic carbocycles. The summed E-state index contributed by atoms with van der Waals surface area (Å²) in [7, 11) is 0. The first-order valence-electron chi connectivity index (χ1n) is 4.76. The first-order chi connectivity index (χ1) is 7.13. The Kier molecular flexibility index (Phi) is 4.12. The van der Waals surface area contributed by atoms with Gasteiger partial charge in [-0.25, -0.2) is 4.79 Å². The van der Waals surface area contributed by atoms with E-state index in [9.17, 15) is 4.79 Å². The molecule has 15 heavy (non-hydrogen) atoms. The van der Waals surface area contributed by atoms with Gasteiger partial charge in [-0.1, -0.05) is 12.1 Å². The van der Waals surface area contributed by atoms with Crippen molar-refractivity contribution in [1.82, 2.24) is 0 Å². The molecule has 1 aromatic rings. The summed E-state index contributed by atoms with van der Waals surface area (Å²) in [4.78, 5) is 10.4. The predicted octanol–water partition coefficient (Wildman–Crippen LogP) is 1.07. The fourth-order valence-corrected chi connectivity index (χ4v) is 1.24. The average molecular weight is 210 g/mol. The molecule has 0 radical (unpaired) electrons. The Bertz CT molecular complexity index is 335. The molecule has 82 valence electrons. The van der Waals surface area contributed by atoms with Gasteiger partial charge in [0.25, 0.3) is 0 Å². The van der Waals surface area contributed by atoms with Crippen molar-refractivity contribution in [2.75, 3.05) is 6.61 Å². The van der Waals surface area contributed by atoms with Gasteiger partial charge in [0.1, 0.15) is 5.75 Å². The van der Waals surface area contributed by atoms with Crippen molar-refractivity contribution in [1.29, 1.82) is 0 Å². The fourth-order valence-electron chi connectivity index (χ4n) is 1.24. The zero-order chi connectivity index (χ0) is 11.3. The Labute approximate surface area is 88.1 Å². The lowest BCUT2D eigenvalue weighted by atomic mass is 10.1. The highest BCUT2D eigenvalue weighted by Gasteiger charge is 2.13. The molecule has 0 aliphatic heterocycles. The molecule has 1 rings (SSSR count). The van der Waals surface area contributed by atoms with Crippen LogP contribution < -0.4 is 4.74 Å². The third kappa shape index (κ3) is 3.59. The molecule has 1 unspecified atom stereocenters. The Morgan fingerprint density at radius 1 is 1.53 bits per heavy atom. The summed E-state index contributed by atoms with van der Waals surface area (Å²) in [6.45, 7) is 2.43. The van der Waals surface area contributed by atoms with Crippen molar-refractivity contribution in [3.05, 3.63) is 29.8 Å². The molecule has 0 fully saturated rings. The van der Waals surface area contributed by atoms with E-state index in [2.05, 4.69) is 0 Å². The Morgan fingerprint density at radius 2 is 2.27 bits per heavy atom. The minimum absolute atomic E-state index is 0.0935. The van der Waals surface area contributed by atoms with Crippen LogP contribution >= 0.6 is 0 Å². The van der Waals surface area contributed by atoms with Gasteiger partial charge in [0, 0.05) is 6.42 Å². The molecule has 1 atom stereocenters. The number of ether oxygens (including phenoxy) is 1. The van der Waals surface area contributed by atoms with Crippen molar-refractivity contribution >= 4 is 5.97 Å². The number of aliphatic hydroxyl groups is 1. The molecule has 1 aromatic carbocycles. The van der Waals surface area contributed by atoms with Crippen LogP contribution in [0.3, 0.4) is 0 Å². The summed E-state index contributed by atoms with van der Waals surface area (Å²) in [6.07, 6.45) is -1.27. The Hall–Kier alpha value is -1.55. The van der Waals surface area contributed by atoms with Gasteiger partial charge >= 0.3 is 5.97 Å². The SMILES string of the molecule is CCOc1cccc(CC(O)C(=O)O)c1. The Morgan fingerprint density at radius 3 is 2.87 bits per heavy atom. The van der Waals surface area contributed by atoms with E-state index >= 15 is 0 Å². The quantitative estimate of drug-likeness (QED) is 0.763. The molecule has 4 heteroatoms. The van der Waals surface area contributed by atoms with Crippen LogP contribution in [-0.2, 0) is 11.2 Å². The van der Waals surface area contributed by atoms with Gasteiger partial charge in [-0.15, -0.1) is 0 Å². The number of hydrogen-bond donors (Lipinski definition) is 2. The van der Waals surface area contributed by atoms with Crippen LogP contribution in [0.2, 0.25) is 0 Å². The maximum Gasteiger partial charge on any atom is 0.332 e. The van der Waals surface area contributed by atoms with Crippen molar-refractivity contribution in [3.63, 3.8) is 0 Å². The highest BCUT2D eigenvalue weighted by molar-refractivity contribution is 5.72. The summed E-state index contributed by atoms with van der Waals surface area (Å²) in [5.41, 5.74) is 0.746. The van der Waals surface area contributed by atoms with E-state index in [0.717, 1.165) is 5.56 Å². The largest absolute Gasteiger partial charge is 0.494 e. The van der Waals surface area contributed by atoms with Gasteiger partial charge in [-0.3, -0.25) is 0 Å². The van der Waals surface area contributed by atoms with Crippen LogP contribution in [0.5, 0.6) is 5.75 Å². The number of benzene rings is 1. The van der Waals surface area contributed by atoms with E-state index in [0.29, 0.717) is 12.4 Å². The molecule has 0 aromatic heterocycles. The van der Waals surface area contributed by atoms with Crippen molar-refractivity contribution in [2.24, 2.45) is 0 Å². The van der Waals surface area contributed by atoms with Crippen LogP contribution in [0.15, 0.2) is 24.3 Å². The molecule has 0 heterocycles. The second-order valence-corrected chi connectivity index (χ2v) is 3.14. The summed E-state index contributed by atoms with van der Waals surface area (Å²) < 4.78 is 5.26. The number of aliphatic hydroxyl groups excluding tert-OH is 1. The number of aliphatic carboxylic acids is 1. The lowest BCUT2D eigenvalue weighted by molar-refractivity contribution is -0.146.